The van der Waals surface area contributed by atoms with Gasteiger partial charge in [-0.3, -0.25) is 0 Å². The summed E-state index contributed by atoms with van der Waals surface area (Å²) >= 11 is 0. The predicted octanol–water partition coefficient (Wildman–Crippen LogP) is 4.29. The average molecular weight is 285 g/mol. The Balaban J connectivity index is 1.64. The van der Waals surface area contributed by atoms with Gasteiger partial charge in [-0.25, -0.2) is 4.79 Å². The largest absolute Gasteiger partial charge is 0.445 e. The van der Waals surface area contributed by atoms with E-state index in [1.54, 1.807) is 0 Å². The summed E-state index contributed by atoms with van der Waals surface area (Å²) in [6.45, 7) is 2.47. The van der Waals surface area contributed by atoms with E-state index in [2.05, 4.69) is 13.0 Å². The summed E-state index contributed by atoms with van der Waals surface area (Å²) in [6.07, 6.45) is 7.57. The molecule has 1 amide bonds. The monoisotopic (exact) mass is 285 g/mol. The maximum atomic E-state index is 12.5. The molecule has 2 bridgehead atoms. The second-order valence-electron chi connectivity index (χ2n) is 6.04. The molecule has 0 radical (unpaired) electrons. The highest BCUT2D eigenvalue weighted by Gasteiger charge is 2.39. The smallest absolute Gasteiger partial charge is 0.410 e. The van der Waals surface area contributed by atoms with Crippen molar-refractivity contribution in [3.05, 3.63) is 47.5 Å². The minimum atomic E-state index is -0.135. The minimum Gasteiger partial charge on any atom is -0.445 e. The molecule has 3 nitrogen and oxygen atoms in total. The van der Waals surface area contributed by atoms with Crippen LogP contribution in [0.1, 0.15) is 44.6 Å². The van der Waals surface area contributed by atoms with E-state index in [1.165, 1.54) is 12.0 Å². The zero-order chi connectivity index (χ0) is 14.7. The summed E-state index contributed by atoms with van der Waals surface area (Å²) in [5.41, 5.74) is 2.54. The van der Waals surface area contributed by atoms with Crippen LogP contribution in [-0.2, 0) is 11.3 Å². The summed E-state index contributed by atoms with van der Waals surface area (Å²) in [4.78, 5) is 14.5. The van der Waals surface area contributed by atoms with Gasteiger partial charge < -0.3 is 9.64 Å². The first-order chi connectivity index (χ1) is 10.3. The third kappa shape index (κ3) is 3.12. The molecule has 0 aromatic heterocycles. The van der Waals surface area contributed by atoms with Crippen LogP contribution >= 0.6 is 0 Å². The van der Waals surface area contributed by atoms with Gasteiger partial charge in [0.15, 0.2) is 0 Å². The first-order valence-corrected chi connectivity index (χ1v) is 7.91. The number of carbonyl (C=O) groups excluding carboxylic acids is 1. The average Bonchev–Trinajstić information content (AvgIpc) is 2.52. The molecule has 3 rings (SSSR count). The van der Waals surface area contributed by atoms with Crippen LogP contribution in [0.15, 0.2) is 42.0 Å². The Bertz CT molecular complexity index is 507. The number of benzene rings is 1. The lowest BCUT2D eigenvalue weighted by Crippen LogP contribution is -2.53. The van der Waals surface area contributed by atoms with Gasteiger partial charge in [-0.2, -0.15) is 0 Å². The van der Waals surface area contributed by atoms with Gasteiger partial charge in [0.2, 0.25) is 0 Å². The van der Waals surface area contributed by atoms with Gasteiger partial charge in [0.1, 0.15) is 6.61 Å². The van der Waals surface area contributed by atoms with Gasteiger partial charge in [-0.05, 0) is 44.6 Å². The molecule has 1 aromatic rings. The Morgan fingerprint density at radius 1 is 1.24 bits per heavy atom. The highest BCUT2D eigenvalue weighted by molar-refractivity contribution is 5.69. The Morgan fingerprint density at radius 3 is 2.52 bits per heavy atom. The van der Waals surface area contributed by atoms with E-state index in [4.69, 9.17) is 4.74 Å². The van der Waals surface area contributed by atoms with Crippen molar-refractivity contribution >= 4 is 6.09 Å². The summed E-state index contributed by atoms with van der Waals surface area (Å²) < 4.78 is 5.54. The third-order valence-electron chi connectivity index (χ3n) is 4.68. The molecular formula is C18H23NO2. The molecule has 2 atom stereocenters. The number of allylic oxidation sites excluding steroid dienone is 1. The van der Waals surface area contributed by atoms with Crippen LogP contribution < -0.4 is 0 Å². The first kappa shape index (κ1) is 14.2. The van der Waals surface area contributed by atoms with Crippen LogP contribution in [0.4, 0.5) is 4.79 Å². The van der Waals surface area contributed by atoms with Crippen LogP contribution in [0, 0.1) is 0 Å². The molecule has 2 saturated heterocycles. The summed E-state index contributed by atoms with van der Waals surface area (Å²) in [5, 5.41) is 0. The van der Waals surface area contributed by atoms with Crippen molar-refractivity contribution in [1.82, 2.24) is 4.90 Å². The standard InChI is InChI=1S/C18H23NO2/c1-2-14-11-16-9-6-10-17(12-14)19(16)18(20)21-13-15-7-4-3-5-8-15/h2-5,7-8,16-17H,6,9-13H2,1H3. The van der Waals surface area contributed by atoms with Gasteiger partial charge in [-0.1, -0.05) is 42.0 Å². The highest BCUT2D eigenvalue weighted by Crippen LogP contribution is 2.37. The van der Waals surface area contributed by atoms with Crippen molar-refractivity contribution in [1.29, 1.82) is 0 Å². The molecule has 2 heterocycles. The van der Waals surface area contributed by atoms with Gasteiger partial charge in [-0.15, -0.1) is 0 Å². The van der Waals surface area contributed by atoms with E-state index >= 15 is 0 Å². The molecule has 0 spiro atoms. The minimum absolute atomic E-state index is 0.135. The van der Waals surface area contributed by atoms with Crippen LogP contribution in [0.25, 0.3) is 0 Å². The van der Waals surface area contributed by atoms with Crippen LogP contribution in [-0.4, -0.2) is 23.1 Å². The molecule has 0 aliphatic carbocycles. The van der Waals surface area contributed by atoms with Crippen molar-refractivity contribution in [3.8, 4) is 0 Å². The maximum absolute atomic E-state index is 12.5. The Morgan fingerprint density at radius 2 is 1.90 bits per heavy atom. The predicted molar refractivity (Wildman–Crippen MR) is 82.9 cm³/mol. The van der Waals surface area contributed by atoms with E-state index in [0.29, 0.717) is 18.7 Å². The molecule has 0 saturated carbocycles. The number of nitrogens with zero attached hydrogens (tertiary/aromatic N) is 1. The van der Waals surface area contributed by atoms with E-state index < -0.39 is 0 Å². The second kappa shape index (κ2) is 6.33. The molecule has 21 heavy (non-hydrogen) atoms. The van der Waals surface area contributed by atoms with E-state index in [0.717, 1.165) is 31.2 Å². The maximum Gasteiger partial charge on any atom is 0.410 e. The van der Waals surface area contributed by atoms with Crippen molar-refractivity contribution in [2.45, 2.75) is 57.7 Å². The number of hydrogen-bond acceptors (Lipinski definition) is 2. The molecule has 2 aliphatic heterocycles. The lowest BCUT2D eigenvalue weighted by Gasteiger charge is -2.46. The number of carbonyl (C=O) groups is 1. The Labute approximate surface area is 126 Å². The van der Waals surface area contributed by atoms with Gasteiger partial charge in [0.05, 0.1) is 0 Å². The lowest BCUT2D eigenvalue weighted by atomic mass is 9.82. The fourth-order valence-electron chi connectivity index (χ4n) is 3.58. The molecule has 2 unspecified atom stereocenters. The molecule has 112 valence electrons. The Hall–Kier alpha value is -1.77. The van der Waals surface area contributed by atoms with E-state index in [9.17, 15) is 4.79 Å². The van der Waals surface area contributed by atoms with Crippen molar-refractivity contribution in [2.24, 2.45) is 0 Å². The number of piperidine rings is 2. The lowest BCUT2D eigenvalue weighted by molar-refractivity contribution is 0.0312. The fourth-order valence-corrected chi connectivity index (χ4v) is 3.58. The number of rotatable bonds is 2. The van der Waals surface area contributed by atoms with Crippen LogP contribution in [0.3, 0.4) is 0 Å². The van der Waals surface area contributed by atoms with Crippen LogP contribution in [0.5, 0.6) is 0 Å². The van der Waals surface area contributed by atoms with E-state index in [1.807, 2.05) is 35.2 Å². The zero-order valence-corrected chi connectivity index (χ0v) is 12.6. The third-order valence-corrected chi connectivity index (χ3v) is 4.68. The molecule has 0 N–H and O–H groups in total. The van der Waals surface area contributed by atoms with Gasteiger partial charge in [0.25, 0.3) is 0 Å². The summed E-state index contributed by atoms with van der Waals surface area (Å²) in [6, 6.07) is 10.6. The number of ether oxygens (including phenoxy) is 1. The van der Waals surface area contributed by atoms with Crippen molar-refractivity contribution < 1.29 is 9.53 Å². The van der Waals surface area contributed by atoms with Gasteiger partial charge in [0, 0.05) is 12.1 Å². The molecule has 2 fully saturated rings. The van der Waals surface area contributed by atoms with Crippen molar-refractivity contribution in [2.75, 3.05) is 0 Å². The van der Waals surface area contributed by atoms with Gasteiger partial charge >= 0.3 is 6.09 Å². The molecule has 3 heteroatoms. The van der Waals surface area contributed by atoms with E-state index in [-0.39, 0.29) is 6.09 Å². The number of hydrogen-bond donors (Lipinski definition) is 0. The summed E-state index contributed by atoms with van der Waals surface area (Å²) in [7, 11) is 0. The topological polar surface area (TPSA) is 29.5 Å². The molecule has 2 aliphatic rings. The highest BCUT2D eigenvalue weighted by atomic mass is 16.6. The second-order valence-corrected chi connectivity index (χ2v) is 6.04. The van der Waals surface area contributed by atoms with Crippen LogP contribution in [0.2, 0.25) is 0 Å². The SMILES string of the molecule is CC=C1CC2CCCC(C1)N2C(=O)OCc1ccccc1. The quantitative estimate of drug-likeness (QED) is 0.759. The fraction of sp³-hybridized carbons (Fsp3) is 0.500. The van der Waals surface area contributed by atoms with Crippen molar-refractivity contribution in [3.63, 3.8) is 0 Å². The summed E-state index contributed by atoms with van der Waals surface area (Å²) in [5.74, 6) is 0. The number of amides is 1. The normalized spacial score (nSPS) is 24.6. The molecule has 1 aromatic carbocycles. The first-order valence-electron chi connectivity index (χ1n) is 7.91. The zero-order valence-electron chi connectivity index (χ0n) is 12.6. The Kier molecular flexibility index (Phi) is 4.28. The number of fused-ring (bicyclic) bond motifs is 2. The molecular weight excluding hydrogens is 262 g/mol.